The minimum absolute atomic E-state index is 0.106. The maximum atomic E-state index is 12.6. The number of hydrogen-bond acceptors (Lipinski definition) is 4. The summed E-state index contributed by atoms with van der Waals surface area (Å²) in [6, 6.07) is 16.0. The van der Waals surface area contributed by atoms with Crippen LogP contribution >= 0.6 is 0 Å². The molecular formula is C24H27N3O4. The lowest BCUT2D eigenvalue weighted by molar-refractivity contribution is -0.139. The van der Waals surface area contributed by atoms with Gasteiger partial charge in [0.15, 0.2) is 0 Å². The number of allylic oxidation sites excluding steroid dienone is 1. The lowest BCUT2D eigenvalue weighted by Crippen LogP contribution is -2.46. The predicted molar refractivity (Wildman–Crippen MR) is 118 cm³/mol. The minimum atomic E-state index is -0.663. The van der Waals surface area contributed by atoms with E-state index in [1.54, 1.807) is 39.1 Å². The highest BCUT2D eigenvalue weighted by Crippen LogP contribution is 2.31. The highest BCUT2D eigenvalue weighted by Gasteiger charge is 2.35. The Morgan fingerprint density at radius 2 is 1.87 bits per heavy atom. The molecule has 7 heteroatoms. The second-order valence-electron chi connectivity index (χ2n) is 7.32. The number of aryl methyl sites for hydroxylation is 1. The summed E-state index contributed by atoms with van der Waals surface area (Å²) in [5, 5.41) is 5.74. The Balaban J connectivity index is 1.78. The zero-order chi connectivity index (χ0) is 22.4. The average molecular weight is 421 g/mol. The Labute approximate surface area is 182 Å². The molecule has 0 aliphatic carbocycles. The van der Waals surface area contributed by atoms with Crippen molar-refractivity contribution in [3.63, 3.8) is 0 Å². The van der Waals surface area contributed by atoms with Gasteiger partial charge in [-0.15, -0.1) is 0 Å². The lowest BCUT2D eigenvalue weighted by atomic mass is 9.94. The molecule has 0 radical (unpaired) electrons. The van der Waals surface area contributed by atoms with Gasteiger partial charge in [0.2, 0.25) is 5.91 Å². The molecule has 0 aromatic heterocycles. The first-order valence-electron chi connectivity index (χ1n) is 10.3. The SMILES string of the molecule is CCOC(=O)C1=C(C)N(C)C(=O)N[C@H]1c1cccc(NC(=O)CCc2ccccc2)c1. The third-order valence-corrected chi connectivity index (χ3v) is 5.24. The Hall–Kier alpha value is -3.61. The van der Waals surface area contributed by atoms with Gasteiger partial charge >= 0.3 is 12.0 Å². The molecule has 3 amide bonds. The second-order valence-corrected chi connectivity index (χ2v) is 7.32. The monoisotopic (exact) mass is 421 g/mol. The molecule has 0 saturated heterocycles. The van der Waals surface area contributed by atoms with Gasteiger partial charge in [0, 0.05) is 24.9 Å². The van der Waals surface area contributed by atoms with Crippen molar-refractivity contribution >= 4 is 23.6 Å². The van der Waals surface area contributed by atoms with Crippen LogP contribution in [0.3, 0.4) is 0 Å². The molecule has 2 N–H and O–H groups in total. The van der Waals surface area contributed by atoms with E-state index in [-0.39, 0.29) is 18.5 Å². The molecule has 162 valence electrons. The molecular weight excluding hydrogens is 394 g/mol. The summed E-state index contributed by atoms with van der Waals surface area (Å²) < 4.78 is 5.21. The molecule has 7 nitrogen and oxygen atoms in total. The first-order chi connectivity index (χ1) is 14.9. The van der Waals surface area contributed by atoms with Crippen LogP contribution in [0.2, 0.25) is 0 Å². The number of benzene rings is 2. The number of carbonyl (C=O) groups excluding carboxylic acids is 3. The summed E-state index contributed by atoms with van der Waals surface area (Å²) >= 11 is 0. The fourth-order valence-corrected chi connectivity index (χ4v) is 3.48. The third kappa shape index (κ3) is 5.31. The Kier molecular flexibility index (Phi) is 7.07. The zero-order valence-corrected chi connectivity index (χ0v) is 18.0. The van der Waals surface area contributed by atoms with E-state index in [2.05, 4.69) is 10.6 Å². The fraction of sp³-hybridized carbons (Fsp3) is 0.292. The predicted octanol–water partition coefficient (Wildman–Crippen LogP) is 3.79. The van der Waals surface area contributed by atoms with Crippen molar-refractivity contribution in [3.8, 4) is 0 Å². The number of nitrogens with one attached hydrogen (secondary N) is 2. The van der Waals surface area contributed by atoms with Gasteiger partial charge in [-0.1, -0.05) is 42.5 Å². The highest BCUT2D eigenvalue weighted by atomic mass is 16.5. The molecule has 1 atom stereocenters. The summed E-state index contributed by atoms with van der Waals surface area (Å²) in [7, 11) is 1.60. The van der Waals surface area contributed by atoms with Crippen molar-refractivity contribution in [2.24, 2.45) is 0 Å². The van der Waals surface area contributed by atoms with Gasteiger partial charge in [0.1, 0.15) is 0 Å². The van der Waals surface area contributed by atoms with E-state index < -0.39 is 12.0 Å². The van der Waals surface area contributed by atoms with Crippen LogP contribution in [-0.2, 0) is 20.7 Å². The average Bonchev–Trinajstić information content (AvgIpc) is 2.77. The van der Waals surface area contributed by atoms with Crippen LogP contribution in [0.25, 0.3) is 0 Å². The highest BCUT2D eigenvalue weighted by molar-refractivity contribution is 5.95. The van der Waals surface area contributed by atoms with Crippen LogP contribution in [-0.4, -0.2) is 36.5 Å². The smallest absolute Gasteiger partial charge is 0.338 e. The third-order valence-electron chi connectivity index (χ3n) is 5.24. The maximum absolute atomic E-state index is 12.6. The van der Waals surface area contributed by atoms with Crippen LogP contribution in [0.4, 0.5) is 10.5 Å². The van der Waals surface area contributed by atoms with Crippen molar-refractivity contribution in [2.75, 3.05) is 19.0 Å². The Morgan fingerprint density at radius 3 is 2.58 bits per heavy atom. The minimum Gasteiger partial charge on any atom is -0.463 e. The van der Waals surface area contributed by atoms with Gasteiger partial charge in [-0.2, -0.15) is 0 Å². The lowest BCUT2D eigenvalue weighted by Gasteiger charge is -2.33. The van der Waals surface area contributed by atoms with Crippen LogP contribution in [0.1, 0.15) is 37.4 Å². The number of anilines is 1. The molecule has 31 heavy (non-hydrogen) atoms. The number of nitrogens with zero attached hydrogens (tertiary/aromatic N) is 1. The summed E-state index contributed by atoms with van der Waals surface area (Å²) in [4.78, 5) is 38.7. The van der Waals surface area contributed by atoms with E-state index in [9.17, 15) is 14.4 Å². The fourth-order valence-electron chi connectivity index (χ4n) is 3.48. The molecule has 2 aromatic carbocycles. The van der Waals surface area contributed by atoms with E-state index in [1.807, 2.05) is 36.4 Å². The Bertz CT molecular complexity index is 1000. The van der Waals surface area contributed by atoms with E-state index >= 15 is 0 Å². The van der Waals surface area contributed by atoms with Crippen molar-refractivity contribution in [2.45, 2.75) is 32.7 Å². The molecule has 1 heterocycles. The number of urea groups is 1. The van der Waals surface area contributed by atoms with Gasteiger partial charge in [-0.25, -0.2) is 9.59 Å². The first kappa shape index (κ1) is 22.1. The van der Waals surface area contributed by atoms with E-state index in [1.165, 1.54) is 4.90 Å². The van der Waals surface area contributed by atoms with Crippen molar-refractivity contribution in [3.05, 3.63) is 77.0 Å². The van der Waals surface area contributed by atoms with E-state index in [4.69, 9.17) is 4.74 Å². The van der Waals surface area contributed by atoms with Gasteiger partial charge in [-0.3, -0.25) is 4.79 Å². The second kappa shape index (κ2) is 9.93. The standard InChI is InChI=1S/C24H27N3O4/c1-4-31-23(29)21-16(2)27(3)24(30)26-22(21)18-11-8-12-19(15-18)25-20(28)14-13-17-9-6-5-7-10-17/h5-12,15,22H,4,13-14H2,1-3H3,(H,25,28)(H,26,30)/t22-/m0/s1. The van der Waals surface area contributed by atoms with E-state index in [0.717, 1.165) is 5.56 Å². The number of ether oxygens (including phenoxy) is 1. The number of rotatable bonds is 7. The van der Waals surface area contributed by atoms with Crippen LogP contribution in [0.5, 0.6) is 0 Å². The van der Waals surface area contributed by atoms with Gasteiger partial charge in [0.25, 0.3) is 0 Å². The maximum Gasteiger partial charge on any atom is 0.338 e. The molecule has 0 bridgehead atoms. The van der Waals surface area contributed by atoms with Crippen molar-refractivity contribution in [1.29, 1.82) is 0 Å². The molecule has 3 rings (SSSR count). The Morgan fingerprint density at radius 1 is 1.13 bits per heavy atom. The molecule has 0 saturated carbocycles. The topological polar surface area (TPSA) is 87.7 Å². The molecule has 0 fully saturated rings. The van der Waals surface area contributed by atoms with Crippen molar-refractivity contribution in [1.82, 2.24) is 10.2 Å². The normalized spacial score (nSPS) is 16.0. The molecule has 0 spiro atoms. The molecule has 1 aliphatic heterocycles. The van der Waals surface area contributed by atoms with Gasteiger partial charge in [-0.05, 0) is 43.5 Å². The number of amides is 3. The van der Waals surface area contributed by atoms with Gasteiger partial charge in [0.05, 0.1) is 18.2 Å². The largest absolute Gasteiger partial charge is 0.463 e. The summed E-state index contributed by atoms with van der Waals surface area (Å²) in [5.74, 6) is -0.583. The molecule has 0 unspecified atom stereocenters. The first-order valence-corrected chi connectivity index (χ1v) is 10.3. The molecule has 2 aromatic rings. The van der Waals surface area contributed by atoms with Crippen LogP contribution in [0, 0.1) is 0 Å². The van der Waals surface area contributed by atoms with Crippen LogP contribution < -0.4 is 10.6 Å². The molecule has 1 aliphatic rings. The number of esters is 1. The zero-order valence-electron chi connectivity index (χ0n) is 18.0. The number of hydrogen-bond donors (Lipinski definition) is 2. The van der Waals surface area contributed by atoms with E-state index in [0.29, 0.717) is 35.4 Å². The summed E-state index contributed by atoms with van der Waals surface area (Å²) in [6.45, 7) is 3.68. The summed E-state index contributed by atoms with van der Waals surface area (Å²) in [6.07, 6.45) is 0.999. The quantitative estimate of drug-likeness (QED) is 0.666. The van der Waals surface area contributed by atoms with Gasteiger partial charge < -0.3 is 20.3 Å². The van der Waals surface area contributed by atoms with Crippen LogP contribution in [0.15, 0.2) is 65.9 Å². The number of carbonyl (C=O) groups is 3. The van der Waals surface area contributed by atoms with Crippen molar-refractivity contribution < 1.29 is 19.1 Å². The summed E-state index contributed by atoms with van der Waals surface area (Å²) in [5.41, 5.74) is 3.29.